The van der Waals surface area contributed by atoms with Crippen molar-refractivity contribution < 1.29 is 59.5 Å². The van der Waals surface area contributed by atoms with Crippen LogP contribution in [0, 0.1) is 5.92 Å². The smallest absolute Gasteiger partial charge is 0.331 e. The minimum Gasteiger partial charge on any atom is -0.508 e. The summed E-state index contributed by atoms with van der Waals surface area (Å²) in [6.45, 7) is 0.808. The molecule has 2 fully saturated rings. The number of fused-ring (bicyclic) bond motifs is 1. The van der Waals surface area contributed by atoms with E-state index >= 15 is 0 Å². The second-order valence-corrected chi connectivity index (χ2v) is 9.38. The molecule has 2 aliphatic heterocycles. The van der Waals surface area contributed by atoms with Gasteiger partial charge in [0.05, 0.1) is 24.9 Å². The molecule has 1 aromatic rings. The number of carbonyl (C=O) groups excluding carboxylic acids is 1. The number of esters is 1. The van der Waals surface area contributed by atoms with Crippen molar-refractivity contribution in [3.8, 4) is 5.75 Å². The fourth-order valence-electron chi connectivity index (χ4n) is 4.94. The van der Waals surface area contributed by atoms with Crippen LogP contribution in [0.1, 0.15) is 18.9 Å². The van der Waals surface area contributed by atoms with E-state index in [1.807, 2.05) is 0 Å². The lowest BCUT2D eigenvalue weighted by molar-refractivity contribution is -0.351. The molecule has 10 atom stereocenters. The Morgan fingerprint density at radius 3 is 2.47 bits per heavy atom. The van der Waals surface area contributed by atoms with Crippen molar-refractivity contribution in [2.24, 2.45) is 5.92 Å². The molecule has 1 aliphatic carbocycles. The first-order valence-electron chi connectivity index (χ1n) is 11.4. The van der Waals surface area contributed by atoms with Gasteiger partial charge in [-0.15, -0.1) is 0 Å². The molecule has 0 amide bonds. The van der Waals surface area contributed by atoms with Gasteiger partial charge < -0.3 is 54.7 Å². The molecule has 198 valence electrons. The van der Waals surface area contributed by atoms with Crippen LogP contribution in [0.25, 0.3) is 6.08 Å². The highest BCUT2D eigenvalue weighted by Crippen LogP contribution is 2.51. The number of hydrogen-bond acceptors (Lipinski definition) is 12. The lowest BCUT2D eigenvalue weighted by Gasteiger charge is -2.45. The summed E-state index contributed by atoms with van der Waals surface area (Å²) in [5.74, 6) is -1.93. The number of hydrogen-bond donors (Lipinski definition) is 7. The lowest BCUT2D eigenvalue weighted by Crippen LogP contribution is -2.62. The monoisotopic (exact) mass is 510 g/mol. The molecule has 0 spiro atoms. The molecule has 0 radical (unpaired) electrons. The van der Waals surface area contributed by atoms with E-state index in [2.05, 4.69) is 0 Å². The standard InChI is InChI=1S/C24H30O12/c1-23(36-16(28)7-4-12-2-5-13(26)6-3-12)10-15(27)24(32)8-9-33-22(20(23)24)35-21-19(31)18(30)17(29)14(11-25)34-21/h2-9,14-15,17-22,25-27,29-32H,10-11H2,1H3/b7-4-/t14-,15-,17-,18+,19-,20?,21+,22+,23+,24-/m1/s1. The van der Waals surface area contributed by atoms with E-state index < -0.39 is 72.8 Å². The van der Waals surface area contributed by atoms with Crippen LogP contribution in [0.15, 0.2) is 42.7 Å². The number of carbonyl (C=O) groups is 1. The minimum atomic E-state index is -1.94. The van der Waals surface area contributed by atoms with Crippen LogP contribution in [0.5, 0.6) is 5.75 Å². The maximum atomic E-state index is 12.7. The molecule has 3 aliphatic rings. The molecule has 7 N–H and O–H groups in total. The van der Waals surface area contributed by atoms with Crippen molar-refractivity contribution in [1.29, 1.82) is 0 Å². The Morgan fingerprint density at radius 2 is 1.81 bits per heavy atom. The van der Waals surface area contributed by atoms with Crippen molar-refractivity contribution in [3.63, 3.8) is 0 Å². The number of aliphatic hydroxyl groups is 6. The number of ether oxygens (including phenoxy) is 4. The highest BCUT2D eigenvalue weighted by molar-refractivity contribution is 5.87. The lowest BCUT2D eigenvalue weighted by atomic mass is 9.81. The Morgan fingerprint density at radius 1 is 1.11 bits per heavy atom. The van der Waals surface area contributed by atoms with Gasteiger partial charge in [0.25, 0.3) is 0 Å². The fourth-order valence-corrected chi connectivity index (χ4v) is 4.94. The number of aliphatic hydroxyl groups excluding tert-OH is 5. The topological polar surface area (TPSA) is 196 Å². The predicted octanol–water partition coefficient (Wildman–Crippen LogP) is -1.49. The van der Waals surface area contributed by atoms with Crippen molar-refractivity contribution in [2.75, 3.05) is 6.61 Å². The van der Waals surface area contributed by atoms with Gasteiger partial charge in [0.2, 0.25) is 6.29 Å². The molecule has 12 nitrogen and oxygen atoms in total. The van der Waals surface area contributed by atoms with Gasteiger partial charge in [-0.2, -0.15) is 0 Å². The summed E-state index contributed by atoms with van der Waals surface area (Å²) < 4.78 is 22.2. The molecule has 12 heteroatoms. The highest BCUT2D eigenvalue weighted by atomic mass is 16.8. The summed E-state index contributed by atoms with van der Waals surface area (Å²) >= 11 is 0. The van der Waals surface area contributed by atoms with Crippen LogP contribution in [-0.2, 0) is 23.7 Å². The first kappa shape index (κ1) is 26.5. The summed E-state index contributed by atoms with van der Waals surface area (Å²) in [6, 6.07) is 6.07. The zero-order chi connectivity index (χ0) is 26.3. The zero-order valence-corrected chi connectivity index (χ0v) is 19.3. The molecule has 4 rings (SSSR count). The van der Waals surface area contributed by atoms with Crippen LogP contribution < -0.4 is 0 Å². The maximum Gasteiger partial charge on any atom is 0.331 e. The van der Waals surface area contributed by atoms with E-state index in [-0.39, 0.29) is 12.2 Å². The Bertz CT molecular complexity index is 993. The maximum absolute atomic E-state index is 12.7. The zero-order valence-electron chi connectivity index (χ0n) is 19.3. The second-order valence-electron chi connectivity index (χ2n) is 9.38. The largest absolute Gasteiger partial charge is 0.508 e. The molecule has 1 unspecified atom stereocenters. The Kier molecular flexibility index (Phi) is 7.42. The van der Waals surface area contributed by atoms with Crippen molar-refractivity contribution in [2.45, 2.75) is 67.6 Å². The van der Waals surface area contributed by atoms with Crippen LogP contribution in [-0.4, -0.2) is 103 Å². The van der Waals surface area contributed by atoms with Gasteiger partial charge in [-0.1, -0.05) is 12.1 Å². The number of benzene rings is 1. The SMILES string of the molecule is C[C@]1(OC(=O)/C=C\c2ccc(O)cc2)C[C@@H](O)[C@]2(O)C=CO[C@@H](O[C@@H]3O[C@H](CO)[C@@H](O)[C@H](O)[C@H]3O)C12. The third-order valence-electron chi connectivity index (χ3n) is 6.86. The van der Waals surface area contributed by atoms with Gasteiger partial charge in [0, 0.05) is 12.5 Å². The highest BCUT2D eigenvalue weighted by Gasteiger charge is 2.66. The van der Waals surface area contributed by atoms with E-state index in [1.165, 1.54) is 31.2 Å². The summed E-state index contributed by atoms with van der Waals surface area (Å²) in [7, 11) is 0. The minimum absolute atomic E-state index is 0.0669. The van der Waals surface area contributed by atoms with Crippen molar-refractivity contribution in [1.82, 2.24) is 0 Å². The third kappa shape index (κ3) is 4.86. The normalized spacial score (nSPS) is 42.2. The van der Waals surface area contributed by atoms with Crippen LogP contribution in [0.2, 0.25) is 0 Å². The van der Waals surface area contributed by atoms with E-state index in [0.29, 0.717) is 5.56 Å². The van der Waals surface area contributed by atoms with E-state index in [9.17, 15) is 40.5 Å². The average molecular weight is 510 g/mol. The summed E-state index contributed by atoms with van der Waals surface area (Å²) in [5.41, 5.74) is -2.84. The number of phenolic OH excluding ortho intramolecular Hbond substituents is 1. The number of aromatic hydroxyl groups is 1. The van der Waals surface area contributed by atoms with E-state index in [1.54, 1.807) is 12.1 Å². The van der Waals surface area contributed by atoms with Crippen LogP contribution >= 0.6 is 0 Å². The van der Waals surface area contributed by atoms with Crippen molar-refractivity contribution >= 4 is 12.0 Å². The Labute approximate surface area is 206 Å². The third-order valence-corrected chi connectivity index (χ3v) is 6.86. The molecular weight excluding hydrogens is 480 g/mol. The van der Waals surface area contributed by atoms with Crippen LogP contribution in [0.4, 0.5) is 0 Å². The number of rotatable bonds is 6. The predicted molar refractivity (Wildman–Crippen MR) is 120 cm³/mol. The molecule has 1 saturated heterocycles. The fraction of sp³-hybridized carbons (Fsp3) is 0.542. The molecule has 1 aromatic carbocycles. The Hall–Kier alpha value is -2.55. The van der Waals surface area contributed by atoms with Gasteiger partial charge >= 0.3 is 5.97 Å². The molecule has 0 bridgehead atoms. The van der Waals surface area contributed by atoms with Crippen LogP contribution in [0.3, 0.4) is 0 Å². The second kappa shape index (κ2) is 10.1. The summed E-state index contributed by atoms with van der Waals surface area (Å²) in [5, 5.41) is 71.1. The molecular formula is C24H30O12. The molecule has 36 heavy (non-hydrogen) atoms. The summed E-state index contributed by atoms with van der Waals surface area (Å²) in [4.78, 5) is 12.7. The van der Waals surface area contributed by atoms with Gasteiger partial charge in [0.1, 0.15) is 41.4 Å². The van der Waals surface area contributed by atoms with Gasteiger partial charge in [0.15, 0.2) is 6.29 Å². The molecule has 0 aromatic heterocycles. The number of phenols is 1. The van der Waals surface area contributed by atoms with Crippen molar-refractivity contribution in [3.05, 3.63) is 48.2 Å². The summed E-state index contributed by atoms with van der Waals surface area (Å²) in [6.07, 6.45) is -5.96. The average Bonchev–Trinajstić information content (AvgIpc) is 3.04. The molecule has 2 heterocycles. The van der Waals surface area contributed by atoms with E-state index in [4.69, 9.17) is 18.9 Å². The Balaban J connectivity index is 1.54. The van der Waals surface area contributed by atoms with Gasteiger partial charge in [-0.3, -0.25) is 0 Å². The molecule has 1 saturated carbocycles. The van der Waals surface area contributed by atoms with E-state index in [0.717, 1.165) is 12.3 Å². The first-order chi connectivity index (χ1) is 17.0. The van der Waals surface area contributed by atoms with Gasteiger partial charge in [-0.25, -0.2) is 4.79 Å². The quantitative estimate of drug-likeness (QED) is 0.173. The van der Waals surface area contributed by atoms with Gasteiger partial charge in [-0.05, 0) is 36.8 Å². The first-order valence-corrected chi connectivity index (χ1v) is 11.4.